The molecule has 0 atom stereocenters. The molecule has 122 valence electrons. The second kappa shape index (κ2) is 6.71. The first-order chi connectivity index (χ1) is 11.6. The third-order valence-electron chi connectivity index (χ3n) is 3.98. The number of nitrogen functional groups attached to an aromatic ring is 1. The van der Waals surface area contributed by atoms with Crippen LogP contribution >= 0.6 is 0 Å². The van der Waals surface area contributed by atoms with Crippen LogP contribution in [0.1, 0.15) is 25.3 Å². The average molecular weight is 319 g/mol. The van der Waals surface area contributed by atoms with Gasteiger partial charge in [-0.25, -0.2) is 9.97 Å². The van der Waals surface area contributed by atoms with Crippen molar-refractivity contribution in [2.75, 3.05) is 12.8 Å². The summed E-state index contributed by atoms with van der Waals surface area (Å²) in [5, 5.41) is 0. The van der Waals surface area contributed by atoms with Gasteiger partial charge in [0.05, 0.1) is 18.5 Å². The van der Waals surface area contributed by atoms with E-state index >= 15 is 0 Å². The van der Waals surface area contributed by atoms with Gasteiger partial charge < -0.3 is 10.5 Å². The van der Waals surface area contributed by atoms with Crippen LogP contribution in [0.3, 0.4) is 0 Å². The molecule has 4 nitrogen and oxygen atoms in total. The van der Waals surface area contributed by atoms with Gasteiger partial charge in [-0.2, -0.15) is 0 Å². The summed E-state index contributed by atoms with van der Waals surface area (Å²) in [6.07, 6.45) is 0. The minimum absolute atomic E-state index is 0.262. The molecule has 1 heterocycles. The number of anilines is 1. The van der Waals surface area contributed by atoms with Gasteiger partial charge in [0, 0.05) is 11.1 Å². The molecule has 0 amide bonds. The lowest BCUT2D eigenvalue weighted by Crippen LogP contribution is -1.99. The number of hydrogen-bond donors (Lipinski definition) is 1. The highest BCUT2D eigenvalue weighted by Crippen LogP contribution is 2.27. The molecule has 0 saturated heterocycles. The fourth-order valence-electron chi connectivity index (χ4n) is 2.58. The van der Waals surface area contributed by atoms with Crippen LogP contribution in [0.4, 0.5) is 5.95 Å². The second-order valence-electron chi connectivity index (χ2n) is 6.01. The Morgan fingerprint density at radius 2 is 1.54 bits per heavy atom. The molecule has 4 heteroatoms. The maximum absolute atomic E-state index is 5.93. The fraction of sp³-hybridized carbons (Fsp3) is 0.200. The predicted octanol–water partition coefficient (Wildman–Crippen LogP) is 4.52. The number of benzene rings is 2. The average Bonchev–Trinajstić information content (AvgIpc) is 2.61. The summed E-state index contributed by atoms with van der Waals surface area (Å²) in [5.41, 5.74) is 10.8. The summed E-state index contributed by atoms with van der Waals surface area (Å²) in [5.74, 6) is 1.55. The van der Waals surface area contributed by atoms with E-state index in [0.717, 1.165) is 28.3 Å². The molecule has 0 spiro atoms. The van der Waals surface area contributed by atoms with Gasteiger partial charge in [0.2, 0.25) is 5.95 Å². The Morgan fingerprint density at radius 3 is 2.17 bits per heavy atom. The van der Waals surface area contributed by atoms with Gasteiger partial charge in [-0.3, -0.25) is 0 Å². The minimum Gasteiger partial charge on any atom is -0.497 e. The summed E-state index contributed by atoms with van der Waals surface area (Å²) in [4.78, 5) is 8.74. The Morgan fingerprint density at radius 1 is 0.875 bits per heavy atom. The molecule has 2 N–H and O–H groups in total. The fourth-order valence-corrected chi connectivity index (χ4v) is 2.58. The highest BCUT2D eigenvalue weighted by molar-refractivity contribution is 5.70. The highest BCUT2D eigenvalue weighted by Gasteiger charge is 2.08. The van der Waals surface area contributed by atoms with Crippen molar-refractivity contribution in [1.29, 1.82) is 0 Å². The number of ether oxygens (including phenoxy) is 1. The first-order valence-electron chi connectivity index (χ1n) is 7.96. The molecule has 3 rings (SSSR count). The van der Waals surface area contributed by atoms with Gasteiger partial charge in [-0.05, 0) is 29.7 Å². The lowest BCUT2D eigenvalue weighted by molar-refractivity contribution is 0.415. The topological polar surface area (TPSA) is 61.0 Å². The van der Waals surface area contributed by atoms with Crippen molar-refractivity contribution in [1.82, 2.24) is 9.97 Å². The number of aromatic nitrogens is 2. The van der Waals surface area contributed by atoms with E-state index in [9.17, 15) is 0 Å². The van der Waals surface area contributed by atoms with Crippen molar-refractivity contribution in [2.24, 2.45) is 0 Å². The van der Waals surface area contributed by atoms with Crippen LogP contribution < -0.4 is 10.5 Å². The van der Waals surface area contributed by atoms with Crippen molar-refractivity contribution < 1.29 is 4.74 Å². The Kier molecular flexibility index (Phi) is 4.47. The molecular formula is C20H21N3O. The molecule has 0 aliphatic carbocycles. The van der Waals surface area contributed by atoms with Gasteiger partial charge in [0.25, 0.3) is 0 Å². The quantitative estimate of drug-likeness (QED) is 0.767. The van der Waals surface area contributed by atoms with Crippen LogP contribution in [0.5, 0.6) is 5.75 Å². The van der Waals surface area contributed by atoms with E-state index in [-0.39, 0.29) is 5.95 Å². The lowest BCUT2D eigenvalue weighted by atomic mass is 10.0. The number of nitrogens with two attached hydrogens (primary N) is 1. The first kappa shape index (κ1) is 16.0. The van der Waals surface area contributed by atoms with E-state index in [2.05, 4.69) is 48.1 Å². The lowest BCUT2D eigenvalue weighted by Gasteiger charge is -2.09. The molecule has 3 aromatic rings. The molecule has 0 aliphatic heterocycles. The standard InChI is InChI=1S/C20H21N3O/c1-13(2)14-7-9-15(10-8-14)18-12-19(23-20(21)22-18)16-5-4-6-17(11-16)24-3/h4-13H,1-3H3,(H2,21,22,23). The van der Waals surface area contributed by atoms with Gasteiger partial charge >= 0.3 is 0 Å². The predicted molar refractivity (Wildman–Crippen MR) is 98.0 cm³/mol. The van der Waals surface area contributed by atoms with Gasteiger partial charge in [0.15, 0.2) is 0 Å². The molecule has 0 aliphatic rings. The molecule has 24 heavy (non-hydrogen) atoms. The number of methoxy groups -OCH3 is 1. The van der Waals surface area contributed by atoms with Crippen molar-refractivity contribution in [3.8, 4) is 28.3 Å². The van der Waals surface area contributed by atoms with Crippen molar-refractivity contribution >= 4 is 5.95 Å². The number of hydrogen-bond acceptors (Lipinski definition) is 4. The van der Waals surface area contributed by atoms with Crippen LogP contribution in [0.2, 0.25) is 0 Å². The zero-order valence-corrected chi connectivity index (χ0v) is 14.2. The summed E-state index contributed by atoms with van der Waals surface area (Å²) in [7, 11) is 1.65. The Labute approximate surface area is 142 Å². The van der Waals surface area contributed by atoms with Crippen LogP contribution in [0.15, 0.2) is 54.6 Å². The Bertz CT molecular complexity index is 842. The minimum atomic E-state index is 0.262. The molecule has 0 bridgehead atoms. The Hall–Kier alpha value is -2.88. The Balaban J connectivity index is 2.02. The van der Waals surface area contributed by atoms with Crippen LogP contribution in [-0.2, 0) is 0 Å². The van der Waals surface area contributed by atoms with Crippen LogP contribution in [-0.4, -0.2) is 17.1 Å². The first-order valence-corrected chi connectivity index (χ1v) is 7.96. The summed E-state index contributed by atoms with van der Waals surface area (Å²) in [6.45, 7) is 4.36. The van der Waals surface area contributed by atoms with Crippen LogP contribution in [0.25, 0.3) is 22.5 Å². The smallest absolute Gasteiger partial charge is 0.221 e. The summed E-state index contributed by atoms with van der Waals surface area (Å²) in [6, 6.07) is 18.1. The van der Waals surface area contributed by atoms with E-state index in [1.807, 2.05) is 30.3 Å². The highest BCUT2D eigenvalue weighted by atomic mass is 16.5. The molecular weight excluding hydrogens is 298 g/mol. The van der Waals surface area contributed by atoms with Gasteiger partial charge in [0.1, 0.15) is 5.75 Å². The van der Waals surface area contributed by atoms with Crippen molar-refractivity contribution in [3.63, 3.8) is 0 Å². The maximum Gasteiger partial charge on any atom is 0.221 e. The monoisotopic (exact) mass is 319 g/mol. The van der Waals surface area contributed by atoms with Crippen LogP contribution in [0, 0.1) is 0 Å². The van der Waals surface area contributed by atoms with E-state index in [1.165, 1.54) is 5.56 Å². The van der Waals surface area contributed by atoms with E-state index < -0.39 is 0 Å². The van der Waals surface area contributed by atoms with E-state index in [0.29, 0.717) is 5.92 Å². The van der Waals surface area contributed by atoms with E-state index in [4.69, 9.17) is 10.5 Å². The SMILES string of the molecule is COc1cccc(-c2cc(-c3ccc(C(C)C)cc3)nc(N)n2)c1. The third kappa shape index (κ3) is 3.38. The third-order valence-corrected chi connectivity index (χ3v) is 3.98. The molecule has 0 unspecified atom stereocenters. The maximum atomic E-state index is 5.93. The second-order valence-corrected chi connectivity index (χ2v) is 6.01. The van der Waals surface area contributed by atoms with Crippen molar-refractivity contribution in [2.45, 2.75) is 19.8 Å². The largest absolute Gasteiger partial charge is 0.497 e. The van der Waals surface area contributed by atoms with Gasteiger partial charge in [-0.15, -0.1) is 0 Å². The molecule has 0 fully saturated rings. The molecule has 0 saturated carbocycles. The summed E-state index contributed by atoms with van der Waals surface area (Å²) < 4.78 is 5.28. The zero-order valence-electron chi connectivity index (χ0n) is 14.2. The zero-order chi connectivity index (χ0) is 17.1. The van der Waals surface area contributed by atoms with Gasteiger partial charge in [-0.1, -0.05) is 50.2 Å². The molecule has 2 aromatic carbocycles. The number of rotatable bonds is 4. The molecule has 0 radical (unpaired) electrons. The number of nitrogens with zero attached hydrogens (tertiary/aromatic N) is 2. The normalized spacial score (nSPS) is 10.8. The molecule has 1 aromatic heterocycles. The van der Waals surface area contributed by atoms with E-state index in [1.54, 1.807) is 7.11 Å². The summed E-state index contributed by atoms with van der Waals surface area (Å²) >= 11 is 0. The van der Waals surface area contributed by atoms with Crippen molar-refractivity contribution in [3.05, 3.63) is 60.2 Å².